The number of nitrogens with one attached hydrogen (secondary N) is 1. The molecule has 0 unspecified atom stereocenters. The average Bonchev–Trinajstić information content (AvgIpc) is 2.84. The molecule has 3 rings (SSSR count). The number of pyridine rings is 1. The van der Waals surface area contributed by atoms with Gasteiger partial charge in [0.2, 0.25) is 6.41 Å². The van der Waals surface area contributed by atoms with E-state index in [1.165, 1.54) is 6.20 Å². The Morgan fingerprint density at radius 1 is 1.33 bits per heavy atom. The van der Waals surface area contributed by atoms with E-state index in [0.29, 0.717) is 17.8 Å². The standard InChI is InChI=1S/C16H14IN5O2/c1-10-14-7-12(8-18-15(14)21(2)20-10)19-16(24)22(9-23)13-5-3-11(17)4-6-13/h3-9H,1-2H3,(H,19,24). The Hall–Kier alpha value is -2.49. The molecule has 7 nitrogen and oxygen atoms in total. The van der Waals surface area contributed by atoms with Gasteiger partial charge in [-0.05, 0) is 59.8 Å². The monoisotopic (exact) mass is 435 g/mol. The summed E-state index contributed by atoms with van der Waals surface area (Å²) < 4.78 is 2.70. The zero-order chi connectivity index (χ0) is 17.3. The predicted octanol–water partition coefficient (Wildman–Crippen LogP) is 3.08. The molecule has 8 heteroatoms. The molecule has 0 bridgehead atoms. The molecule has 0 saturated heterocycles. The van der Waals surface area contributed by atoms with Crippen LogP contribution in [0.15, 0.2) is 36.5 Å². The van der Waals surface area contributed by atoms with E-state index in [2.05, 4.69) is 38.0 Å². The number of urea groups is 1. The third kappa shape index (κ3) is 3.09. The smallest absolute Gasteiger partial charge is 0.306 e. The molecule has 0 radical (unpaired) electrons. The van der Waals surface area contributed by atoms with E-state index in [-0.39, 0.29) is 0 Å². The number of halogens is 1. The Morgan fingerprint density at radius 2 is 2.04 bits per heavy atom. The lowest BCUT2D eigenvalue weighted by atomic mass is 10.2. The number of imide groups is 1. The number of anilines is 2. The molecule has 122 valence electrons. The summed E-state index contributed by atoms with van der Waals surface area (Å²) in [4.78, 5) is 29.0. The molecule has 0 aliphatic carbocycles. The number of hydrogen-bond acceptors (Lipinski definition) is 4. The number of carbonyl (C=O) groups is 2. The number of fused-ring (bicyclic) bond motifs is 1. The highest BCUT2D eigenvalue weighted by atomic mass is 127. The van der Waals surface area contributed by atoms with Crippen LogP contribution < -0.4 is 10.2 Å². The molecule has 0 aliphatic rings. The van der Waals surface area contributed by atoms with Crippen molar-refractivity contribution in [3.05, 3.63) is 45.8 Å². The molecule has 0 saturated carbocycles. The van der Waals surface area contributed by atoms with E-state index < -0.39 is 6.03 Å². The molecule has 0 fully saturated rings. The van der Waals surface area contributed by atoms with Crippen LogP contribution in [-0.4, -0.2) is 27.2 Å². The normalized spacial score (nSPS) is 10.6. The number of aromatic nitrogens is 3. The molecular formula is C16H14IN5O2. The fourth-order valence-corrected chi connectivity index (χ4v) is 2.75. The first kappa shape index (κ1) is 16.4. The molecule has 0 atom stereocenters. The lowest BCUT2D eigenvalue weighted by Crippen LogP contribution is -2.33. The summed E-state index contributed by atoms with van der Waals surface area (Å²) in [6.07, 6.45) is 2.02. The van der Waals surface area contributed by atoms with Crippen LogP contribution >= 0.6 is 22.6 Å². The van der Waals surface area contributed by atoms with E-state index in [9.17, 15) is 9.59 Å². The summed E-state index contributed by atoms with van der Waals surface area (Å²) in [5.41, 5.74) is 2.55. The number of rotatable bonds is 3. The van der Waals surface area contributed by atoms with Gasteiger partial charge in [-0.3, -0.25) is 9.48 Å². The Morgan fingerprint density at radius 3 is 2.71 bits per heavy atom. The minimum Gasteiger partial charge on any atom is -0.306 e. The lowest BCUT2D eigenvalue weighted by Gasteiger charge is -2.16. The van der Waals surface area contributed by atoms with Gasteiger partial charge in [-0.2, -0.15) is 5.10 Å². The fourth-order valence-electron chi connectivity index (χ4n) is 2.39. The summed E-state index contributed by atoms with van der Waals surface area (Å²) in [5, 5.41) is 7.83. The summed E-state index contributed by atoms with van der Waals surface area (Å²) in [7, 11) is 1.81. The van der Waals surface area contributed by atoms with Crippen LogP contribution in [0.25, 0.3) is 11.0 Å². The van der Waals surface area contributed by atoms with Crippen molar-refractivity contribution in [3.63, 3.8) is 0 Å². The Kier molecular flexibility index (Phi) is 4.47. The quantitative estimate of drug-likeness (QED) is 0.507. The predicted molar refractivity (Wildman–Crippen MR) is 100.0 cm³/mol. The topological polar surface area (TPSA) is 80.1 Å². The molecule has 0 spiro atoms. The first-order chi connectivity index (χ1) is 11.5. The van der Waals surface area contributed by atoms with Crippen LogP contribution in [0.1, 0.15) is 5.69 Å². The molecule has 2 aromatic heterocycles. The van der Waals surface area contributed by atoms with Gasteiger partial charge in [0.15, 0.2) is 5.65 Å². The second-order valence-corrected chi connectivity index (χ2v) is 6.43. The van der Waals surface area contributed by atoms with Crippen LogP contribution in [0.5, 0.6) is 0 Å². The van der Waals surface area contributed by atoms with Gasteiger partial charge < -0.3 is 5.32 Å². The van der Waals surface area contributed by atoms with Gasteiger partial charge in [0.05, 0.1) is 23.3 Å². The second kappa shape index (κ2) is 6.56. The first-order valence-electron chi connectivity index (χ1n) is 7.10. The van der Waals surface area contributed by atoms with Gasteiger partial charge in [0, 0.05) is 16.0 Å². The van der Waals surface area contributed by atoms with Gasteiger partial charge >= 0.3 is 6.03 Å². The molecule has 1 N–H and O–H groups in total. The summed E-state index contributed by atoms with van der Waals surface area (Å²) in [5.74, 6) is 0. The minimum absolute atomic E-state index is 0.485. The Balaban J connectivity index is 1.86. The highest BCUT2D eigenvalue weighted by Gasteiger charge is 2.16. The number of carbonyl (C=O) groups excluding carboxylic acids is 2. The number of hydrogen-bond donors (Lipinski definition) is 1. The van der Waals surface area contributed by atoms with E-state index in [0.717, 1.165) is 25.2 Å². The van der Waals surface area contributed by atoms with E-state index in [1.807, 2.05) is 26.1 Å². The molecular weight excluding hydrogens is 421 g/mol. The number of benzene rings is 1. The van der Waals surface area contributed by atoms with Gasteiger partial charge in [-0.25, -0.2) is 14.7 Å². The first-order valence-corrected chi connectivity index (χ1v) is 8.18. The van der Waals surface area contributed by atoms with E-state index >= 15 is 0 Å². The maximum absolute atomic E-state index is 12.4. The summed E-state index contributed by atoms with van der Waals surface area (Å²) in [6.45, 7) is 1.87. The highest BCUT2D eigenvalue weighted by molar-refractivity contribution is 14.1. The van der Waals surface area contributed by atoms with Crippen LogP contribution in [0.4, 0.5) is 16.2 Å². The van der Waals surface area contributed by atoms with Crippen molar-refractivity contribution in [1.82, 2.24) is 14.8 Å². The van der Waals surface area contributed by atoms with Crippen LogP contribution in [0, 0.1) is 10.5 Å². The van der Waals surface area contributed by atoms with Crippen molar-refractivity contribution >= 4 is 57.4 Å². The van der Waals surface area contributed by atoms with Crippen molar-refractivity contribution < 1.29 is 9.59 Å². The SMILES string of the molecule is Cc1nn(C)c2ncc(NC(=O)N(C=O)c3ccc(I)cc3)cc12. The highest BCUT2D eigenvalue weighted by Crippen LogP contribution is 2.21. The lowest BCUT2D eigenvalue weighted by molar-refractivity contribution is -0.106. The van der Waals surface area contributed by atoms with Gasteiger partial charge in [0.25, 0.3) is 0 Å². The van der Waals surface area contributed by atoms with Gasteiger partial charge in [0.1, 0.15) is 0 Å². The van der Waals surface area contributed by atoms with Crippen molar-refractivity contribution in [2.24, 2.45) is 7.05 Å². The number of amides is 3. The third-order valence-corrected chi connectivity index (χ3v) is 4.26. The van der Waals surface area contributed by atoms with E-state index in [1.54, 1.807) is 22.9 Å². The summed E-state index contributed by atoms with van der Waals surface area (Å²) >= 11 is 2.16. The summed E-state index contributed by atoms with van der Waals surface area (Å²) in [6, 6.07) is 8.32. The maximum Gasteiger partial charge on any atom is 0.333 e. The van der Waals surface area contributed by atoms with Crippen molar-refractivity contribution in [2.75, 3.05) is 10.2 Å². The zero-order valence-corrected chi connectivity index (χ0v) is 15.2. The number of nitrogens with zero attached hydrogens (tertiary/aromatic N) is 4. The fraction of sp³-hybridized carbons (Fsp3) is 0.125. The second-order valence-electron chi connectivity index (χ2n) is 5.19. The Labute approximate surface area is 151 Å². The number of aryl methyl sites for hydroxylation is 2. The molecule has 1 aromatic carbocycles. The average molecular weight is 435 g/mol. The molecule has 3 aromatic rings. The largest absolute Gasteiger partial charge is 0.333 e. The Bertz CT molecular complexity index is 920. The van der Waals surface area contributed by atoms with Gasteiger partial charge in [-0.15, -0.1) is 0 Å². The maximum atomic E-state index is 12.4. The van der Waals surface area contributed by atoms with Crippen molar-refractivity contribution in [2.45, 2.75) is 6.92 Å². The van der Waals surface area contributed by atoms with E-state index in [4.69, 9.17) is 0 Å². The molecule has 24 heavy (non-hydrogen) atoms. The molecule has 2 heterocycles. The van der Waals surface area contributed by atoms with Crippen LogP contribution in [-0.2, 0) is 11.8 Å². The minimum atomic E-state index is -0.547. The van der Waals surface area contributed by atoms with Crippen molar-refractivity contribution in [3.8, 4) is 0 Å². The molecule has 3 amide bonds. The van der Waals surface area contributed by atoms with Crippen molar-refractivity contribution in [1.29, 1.82) is 0 Å². The third-order valence-electron chi connectivity index (χ3n) is 3.54. The van der Waals surface area contributed by atoms with Crippen LogP contribution in [0.2, 0.25) is 0 Å². The molecule has 0 aliphatic heterocycles. The zero-order valence-electron chi connectivity index (χ0n) is 13.0. The van der Waals surface area contributed by atoms with Gasteiger partial charge in [-0.1, -0.05) is 0 Å². The van der Waals surface area contributed by atoms with Crippen LogP contribution in [0.3, 0.4) is 0 Å².